The van der Waals surface area contributed by atoms with Crippen LogP contribution in [0.25, 0.3) is 0 Å². The molecular formula is C7H15NO2. The molecule has 0 saturated carbocycles. The predicted molar refractivity (Wildman–Crippen MR) is 38.1 cm³/mol. The van der Waals surface area contributed by atoms with Crippen LogP contribution in [0.15, 0.2) is 0 Å². The highest BCUT2D eigenvalue weighted by atomic mass is 17.3. The maximum Gasteiger partial charge on any atom is 0.0855 e. The summed E-state index contributed by atoms with van der Waals surface area (Å²) < 4.78 is 0. The summed E-state index contributed by atoms with van der Waals surface area (Å²) in [6.45, 7) is 7.97. The number of hydrogen-bond donors (Lipinski definition) is 0. The topological polar surface area (TPSA) is 21.7 Å². The lowest BCUT2D eigenvalue weighted by Gasteiger charge is -2.34. The largest absolute Gasteiger partial charge is 0.218 e. The first kappa shape index (κ1) is 7.98. The average Bonchev–Trinajstić information content (AvgIpc) is 1.88. The van der Waals surface area contributed by atoms with Crippen LogP contribution in [0.4, 0.5) is 0 Å². The van der Waals surface area contributed by atoms with E-state index in [2.05, 4.69) is 20.8 Å². The van der Waals surface area contributed by atoms with Crippen molar-refractivity contribution in [2.24, 2.45) is 0 Å². The van der Waals surface area contributed by atoms with Gasteiger partial charge in [-0.2, -0.15) is 5.06 Å². The van der Waals surface area contributed by atoms with E-state index in [1.165, 1.54) is 0 Å². The fourth-order valence-corrected chi connectivity index (χ4v) is 0.852. The zero-order valence-electron chi connectivity index (χ0n) is 6.89. The van der Waals surface area contributed by atoms with Crippen LogP contribution in [0.5, 0.6) is 0 Å². The molecule has 1 aliphatic heterocycles. The van der Waals surface area contributed by atoms with Crippen molar-refractivity contribution in [3.05, 3.63) is 0 Å². The van der Waals surface area contributed by atoms with Gasteiger partial charge in [0.2, 0.25) is 0 Å². The minimum atomic E-state index is 0.0560. The van der Waals surface area contributed by atoms with Gasteiger partial charge in [0.15, 0.2) is 0 Å². The van der Waals surface area contributed by atoms with Crippen LogP contribution in [0, 0.1) is 0 Å². The van der Waals surface area contributed by atoms with Crippen LogP contribution in [-0.2, 0) is 9.88 Å². The summed E-state index contributed by atoms with van der Waals surface area (Å²) >= 11 is 0. The molecule has 0 aromatic rings. The molecule has 0 spiro atoms. The van der Waals surface area contributed by atoms with E-state index in [0.29, 0.717) is 6.61 Å². The monoisotopic (exact) mass is 145 g/mol. The van der Waals surface area contributed by atoms with Gasteiger partial charge in [-0.1, -0.05) is 0 Å². The third-order valence-electron chi connectivity index (χ3n) is 1.48. The third-order valence-corrected chi connectivity index (χ3v) is 1.48. The first-order chi connectivity index (χ1) is 4.61. The van der Waals surface area contributed by atoms with Gasteiger partial charge in [-0.05, 0) is 27.2 Å². The predicted octanol–water partition coefficient (Wildman–Crippen LogP) is 1.35. The van der Waals surface area contributed by atoms with Crippen molar-refractivity contribution in [2.75, 3.05) is 13.2 Å². The van der Waals surface area contributed by atoms with E-state index >= 15 is 0 Å². The Hall–Kier alpha value is -0.120. The van der Waals surface area contributed by atoms with Crippen LogP contribution in [-0.4, -0.2) is 23.8 Å². The molecule has 0 radical (unpaired) electrons. The van der Waals surface area contributed by atoms with Crippen LogP contribution >= 0.6 is 0 Å². The molecule has 0 amide bonds. The Morgan fingerprint density at radius 2 is 2.00 bits per heavy atom. The van der Waals surface area contributed by atoms with E-state index in [0.717, 1.165) is 13.0 Å². The number of hydrogen-bond acceptors (Lipinski definition) is 3. The van der Waals surface area contributed by atoms with E-state index in [9.17, 15) is 0 Å². The van der Waals surface area contributed by atoms with E-state index in [4.69, 9.17) is 9.88 Å². The van der Waals surface area contributed by atoms with Crippen LogP contribution < -0.4 is 0 Å². The molecule has 0 bridgehead atoms. The molecule has 0 atom stereocenters. The van der Waals surface area contributed by atoms with Crippen molar-refractivity contribution >= 4 is 0 Å². The highest BCUT2D eigenvalue weighted by Crippen LogP contribution is 2.16. The van der Waals surface area contributed by atoms with Gasteiger partial charge in [-0.3, -0.25) is 0 Å². The van der Waals surface area contributed by atoms with Gasteiger partial charge in [0.1, 0.15) is 0 Å². The number of nitrogens with zero attached hydrogens (tertiary/aromatic N) is 1. The average molecular weight is 145 g/mol. The fourth-order valence-electron chi connectivity index (χ4n) is 0.852. The van der Waals surface area contributed by atoms with E-state index < -0.39 is 0 Å². The van der Waals surface area contributed by atoms with Crippen molar-refractivity contribution < 1.29 is 9.88 Å². The normalized spacial score (nSPS) is 23.1. The standard InChI is InChI=1S/C7H15NO2/c1-7(2,3)8-5-4-6-9-10-8/h4-6H2,1-3H3. The summed E-state index contributed by atoms with van der Waals surface area (Å²) in [5.74, 6) is 0. The molecule has 1 rings (SSSR count). The van der Waals surface area contributed by atoms with E-state index in [1.807, 2.05) is 5.06 Å². The summed E-state index contributed by atoms with van der Waals surface area (Å²) in [5.41, 5.74) is 0.0560. The van der Waals surface area contributed by atoms with E-state index in [-0.39, 0.29) is 5.54 Å². The zero-order chi connectivity index (χ0) is 7.61. The first-order valence-electron chi connectivity index (χ1n) is 3.68. The Morgan fingerprint density at radius 1 is 1.30 bits per heavy atom. The Morgan fingerprint density at radius 3 is 2.30 bits per heavy atom. The number of rotatable bonds is 0. The van der Waals surface area contributed by atoms with Crippen molar-refractivity contribution in [3.8, 4) is 0 Å². The second-order valence-corrected chi connectivity index (χ2v) is 3.52. The highest BCUT2D eigenvalue weighted by Gasteiger charge is 2.25. The van der Waals surface area contributed by atoms with Gasteiger partial charge < -0.3 is 0 Å². The maximum absolute atomic E-state index is 4.98. The van der Waals surface area contributed by atoms with Gasteiger partial charge in [-0.25, -0.2) is 4.89 Å². The number of hydroxylamine groups is 2. The van der Waals surface area contributed by atoms with Gasteiger partial charge in [-0.15, -0.1) is 4.99 Å². The Labute approximate surface area is 61.8 Å². The van der Waals surface area contributed by atoms with Crippen molar-refractivity contribution in [3.63, 3.8) is 0 Å². The molecular weight excluding hydrogens is 130 g/mol. The zero-order valence-corrected chi connectivity index (χ0v) is 6.89. The molecule has 3 heteroatoms. The fraction of sp³-hybridized carbons (Fsp3) is 1.00. The minimum Gasteiger partial charge on any atom is -0.218 e. The molecule has 1 fully saturated rings. The van der Waals surface area contributed by atoms with Crippen LogP contribution in [0.1, 0.15) is 27.2 Å². The Bertz CT molecular complexity index is 103. The van der Waals surface area contributed by atoms with Crippen molar-refractivity contribution in [1.29, 1.82) is 0 Å². The van der Waals surface area contributed by atoms with Crippen molar-refractivity contribution in [2.45, 2.75) is 32.7 Å². The molecule has 0 unspecified atom stereocenters. The Balaban J connectivity index is 2.39. The Kier molecular flexibility index (Phi) is 2.28. The summed E-state index contributed by atoms with van der Waals surface area (Å²) in [5, 5.41) is 1.86. The first-order valence-corrected chi connectivity index (χ1v) is 3.68. The van der Waals surface area contributed by atoms with Gasteiger partial charge >= 0.3 is 0 Å². The van der Waals surface area contributed by atoms with Crippen molar-refractivity contribution in [1.82, 2.24) is 5.06 Å². The second kappa shape index (κ2) is 2.86. The molecule has 0 aromatic carbocycles. The molecule has 3 nitrogen and oxygen atoms in total. The summed E-state index contributed by atoms with van der Waals surface area (Å²) in [4.78, 5) is 9.81. The molecule has 1 heterocycles. The summed E-state index contributed by atoms with van der Waals surface area (Å²) in [6.07, 6.45) is 1.05. The third kappa shape index (κ3) is 1.94. The quantitative estimate of drug-likeness (QED) is 0.480. The van der Waals surface area contributed by atoms with Crippen LogP contribution in [0.3, 0.4) is 0 Å². The lowest BCUT2D eigenvalue weighted by atomic mass is 10.1. The maximum atomic E-state index is 4.98. The lowest BCUT2D eigenvalue weighted by Crippen LogP contribution is -2.44. The molecule has 0 aliphatic carbocycles. The molecule has 10 heavy (non-hydrogen) atoms. The van der Waals surface area contributed by atoms with Gasteiger partial charge in [0, 0.05) is 12.1 Å². The second-order valence-electron chi connectivity index (χ2n) is 3.52. The summed E-state index contributed by atoms with van der Waals surface area (Å²) in [6, 6.07) is 0. The van der Waals surface area contributed by atoms with Gasteiger partial charge in [0.05, 0.1) is 6.61 Å². The highest BCUT2D eigenvalue weighted by molar-refractivity contribution is 4.69. The van der Waals surface area contributed by atoms with E-state index in [1.54, 1.807) is 0 Å². The van der Waals surface area contributed by atoms with Gasteiger partial charge in [0.25, 0.3) is 0 Å². The van der Waals surface area contributed by atoms with Crippen LogP contribution in [0.2, 0.25) is 0 Å². The SMILES string of the molecule is CC(C)(C)N1CCCOO1. The smallest absolute Gasteiger partial charge is 0.0855 e. The summed E-state index contributed by atoms with van der Waals surface area (Å²) in [7, 11) is 0. The molecule has 60 valence electrons. The lowest BCUT2D eigenvalue weighted by molar-refractivity contribution is -0.465. The molecule has 0 N–H and O–H groups in total. The molecule has 1 aliphatic rings. The molecule has 0 aromatic heterocycles. The minimum absolute atomic E-state index is 0.0560. The molecule has 1 saturated heterocycles.